The molecule has 5 nitrogen and oxygen atoms in total. The average Bonchev–Trinajstić information content (AvgIpc) is 2.82. The number of hydrogen-bond acceptors (Lipinski definition) is 4. The molecule has 0 atom stereocenters. The Morgan fingerprint density at radius 1 is 0.906 bits per heavy atom. The van der Waals surface area contributed by atoms with Crippen LogP contribution in [-0.2, 0) is 6.61 Å². The molecule has 1 saturated heterocycles. The first kappa shape index (κ1) is 22.3. The fourth-order valence-electron chi connectivity index (χ4n) is 3.77. The Morgan fingerprint density at radius 3 is 2.31 bits per heavy atom. The molecule has 32 heavy (non-hydrogen) atoms. The predicted octanol–water partition coefficient (Wildman–Crippen LogP) is 5.54. The molecule has 166 valence electrons. The minimum absolute atomic E-state index is 0.00222. The fraction of sp³-hybridized carbons (Fsp3) is 0.240. The summed E-state index contributed by atoms with van der Waals surface area (Å²) in [6, 6.07) is 20.5. The Morgan fingerprint density at radius 2 is 1.62 bits per heavy atom. The van der Waals surface area contributed by atoms with Gasteiger partial charge < -0.3 is 19.3 Å². The lowest BCUT2D eigenvalue weighted by atomic mass is 10.1. The van der Waals surface area contributed by atoms with Crippen LogP contribution in [0, 0.1) is 0 Å². The maximum atomic E-state index is 13.2. The van der Waals surface area contributed by atoms with Crippen molar-refractivity contribution >= 4 is 34.8 Å². The summed E-state index contributed by atoms with van der Waals surface area (Å²) in [5.41, 5.74) is 2.50. The van der Waals surface area contributed by atoms with E-state index in [0.717, 1.165) is 24.3 Å². The highest BCUT2D eigenvalue weighted by molar-refractivity contribution is 6.31. The second-order valence-electron chi connectivity index (χ2n) is 7.53. The van der Waals surface area contributed by atoms with E-state index in [0.29, 0.717) is 40.2 Å². The molecule has 0 aromatic heterocycles. The van der Waals surface area contributed by atoms with E-state index < -0.39 is 0 Å². The Labute approximate surface area is 198 Å². The molecule has 0 saturated carbocycles. The topological polar surface area (TPSA) is 42.0 Å². The van der Waals surface area contributed by atoms with Gasteiger partial charge in [0.15, 0.2) is 0 Å². The third-order valence-corrected chi connectivity index (χ3v) is 5.93. The third kappa shape index (κ3) is 5.29. The lowest BCUT2D eigenvalue weighted by molar-refractivity contribution is 0.0746. The third-order valence-electron chi connectivity index (χ3n) is 5.46. The molecule has 1 amide bonds. The van der Waals surface area contributed by atoms with Gasteiger partial charge in [-0.15, -0.1) is 0 Å². The molecule has 1 heterocycles. The zero-order chi connectivity index (χ0) is 22.5. The number of piperazine rings is 1. The number of ether oxygens (including phenoxy) is 2. The van der Waals surface area contributed by atoms with Gasteiger partial charge in [-0.3, -0.25) is 4.79 Å². The Bertz CT molecular complexity index is 1100. The maximum absolute atomic E-state index is 13.2. The van der Waals surface area contributed by atoms with Gasteiger partial charge in [0.25, 0.3) is 5.91 Å². The van der Waals surface area contributed by atoms with Gasteiger partial charge >= 0.3 is 0 Å². The first-order chi connectivity index (χ1) is 15.5. The lowest BCUT2D eigenvalue weighted by Crippen LogP contribution is -2.48. The summed E-state index contributed by atoms with van der Waals surface area (Å²) in [6.45, 7) is 3.07. The van der Waals surface area contributed by atoms with Gasteiger partial charge in [-0.05, 0) is 54.6 Å². The summed E-state index contributed by atoms with van der Waals surface area (Å²) >= 11 is 12.1. The van der Waals surface area contributed by atoms with E-state index in [1.165, 1.54) is 0 Å². The average molecular weight is 471 g/mol. The quantitative estimate of drug-likeness (QED) is 0.473. The second kappa shape index (κ2) is 10.2. The van der Waals surface area contributed by atoms with Crippen LogP contribution >= 0.6 is 23.2 Å². The van der Waals surface area contributed by atoms with E-state index >= 15 is 0 Å². The van der Waals surface area contributed by atoms with E-state index in [4.69, 9.17) is 32.7 Å². The first-order valence-electron chi connectivity index (χ1n) is 10.4. The molecule has 1 fully saturated rings. The minimum Gasteiger partial charge on any atom is -0.496 e. The molecule has 0 radical (unpaired) electrons. The molecule has 0 aliphatic carbocycles. The molecule has 3 aromatic rings. The number of anilines is 1. The molecule has 0 spiro atoms. The number of rotatable bonds is 6. The molecular formula is C25H24Cl2N2O3. The van der Waals surface area contributed by atoms with E-state index in [9.17, 15) is 4.79 Å². The molecule has 0 unspecified atom stereocenters. The van der Waals surface area contributed by atoms with Crippen LogP contribution in [0.25, 0.3) is 0 Å². The van der Waals surface area contributed by atoms with Crippen LogP contribution in [0.5, 0.6) is 11.5 Å². The summed E-state index contributed by atoms with van der Waals surface area (Å²) in [5, 5.41) is 1.32. The Hall–Kier alpha value is -2.89. The lowest BCUT2D eigenvalue weighted by Gasteiger charge is -2.36. The fourth-order valence-corrected chi connectivity index (χ4v) is 4.13. The van der Waals surface area contributed by atoms with Gasteiger partial charge in [0.2, 0.25) is 0 Å². The number of carbonyl (C=O) groups excluding carboxylic acids is 1. The van der Waals surface area contributed by atoms with E-state index in [1.54, 1.807) is 25.3 Å². The number of methoxy groups -OCH3 is 1. The second-order valence-corrected chi connectivity index (χ2v) is 8.40. The van der Waals surface area contributed by atoms with Crippen LogP contribution in [0.3, 0.4) is 0 Å². The monoisotopic (exact) mass is 470 g/mol. The summed E-state index contributed by atoms with van der Waals surface area (Å²) < 4.78 is 11.3. The number of hydrogen-bond donors (Lipinski definition) is 0. The number of amides is 1. The number of halogens is 2. The van der Waals surface area contributed by atoms with Crippen LogP contribution in [0.1, 0.15) is 15.9 Å². The van der Waals surface area contributed by atoms with Crippen LogP contribution in [0.15, 0.2) is 66.7 Å². The van der Waals surface area contributed by atoms with Gasteiger partial charge in [-0.1, -0.05) is 35.3 Å². The van der Waals surface area contributed by atoms with E-state index in [2.05, 4.69) is 4.90 Å². The molecule has 0 N–H and O–H groups in total. The zero-order valence-corrected chi connectivity index (χ0v) is 19.3. The predicted molar refractivity (Wildman–Crippen MR) is 128 cm³/mol. The molecule has 0 bridgehead atoms. The van der Waals surface area contributed by atoms with Crippen molar-refractivity contribution in [3.63, 3.8) is 0 Å². The molecule has 3 aromatic carbocycles. The highest BCUT2D eigenvalue weighted by Crippen LogP contribution is 2.25. The van der Waals surface area contributed by atoms with Crippen molar-refractivity contribution in [3.8, 4) is 11.5 Å². The van der Waals surface area contributed by atoms with Gasteiger partial charge in [0.05, 0.1) is 7.11 Å². The van der Waals surface area contributed by atoms with Crippen molar-refractivity contribution < 1.29 is 14.3 Å². The number of nitrogens with zero attached hydrogens (tertiary/aromatic N) is 2. The SMILES string of the molecule is COc1ccc(C(=O)N2CCN(c3cccc(Cl)c3)CC2)cc1COc1cccc(Cl)c1. The highest BCUT2D eigenvalue weighted by atomic mass is 35.5. The van der Waals surface area contributed by atoms with Crippen molar-refractivity contribution in [2.75, 3.05) is 38.2 Å². The van der Waals surface area contributed by atoms with Crippen LogP contribution < -0.4 is 14.4 Å². The van der Waals surface area contributed by atoms with Crippen molar-refractivity contribution in [1.82, 2.24) is 4.90 Å². The van der Waals surface area contributed by atoms with Gasteiger partial charge in [-0.2, -0.15) is 0 Å². The minimum atomic E-state index is 0.00222. The van der Waals surface area contributed by atoms with Gasteiger partial charge in [-0.25, -0.2) is 0 Å². The van der Waals surface area contributed by atoms with Crippen molar-refractivity contribution in [1.29, 1.82) is 0 Å². The summed E-state index contributed by atoms with van der Waals surface area (Å²) in [5.74, 6) is 1.34. The highest BCUT2D eigenvalue weighted by Gasteiger charge is 2.23. The summed E-state index contributed by atoms with van der Waals surface area (Å²) in [4.78, 5) is 17.3. The van der Waals surface area contributed by atoms with Crippen LogP contribution in [0.2, 0.25) is 10.0 Å². The van der Waals surface area contributed by atoms with Crippen LogP contribution in [0.4, 0.5) is 5.69 Å². The summed E-state index contributed by atoms with van der Waals surface area (Å²) in [6.07, 6.45) is 0. The molecule has 1 aliphatic heterocycles. The summed E-state index contributed by atoms with van der Waals surface area (Å²) in [7, 11) is 1.61. The van der Waals surface area contributed by atoms with Crippen molar-refractivity contribution in [2.45, 2.75) is 6.61 Å². The number of benzene rings is 3. The standard InChI is InChI=1S/C25H24Cl2N2O3/c1-31-24-9-8-18(14-19(24)17-32-23-7-3-5-21(27)16-23)25(30)29-12-10-28(11-13-29)22-6-2-4-20(26)15-22/h2-9,14-16H,10-13,17H2,1H3. The first-order valence-corrected chi connectivity index (χ1v) is 11.1. The molecular weight excluding hydrogens is 447 g/mol. The van der Waals surface area contributed by atoms with Gasteiger partial charge in [0, 0.05) is 53.0 Å². The Balaban J connectivity index is 1.43. The van der Waals surface area contributed by atoms with E-state index in [1.807, 2.05) is 53.4 Å². The van der Waals surface area contributed by atoms with E-state index in [-0.39, 0.29) is 12.5 Å². The van der Waals surface area contributed by atoms with Gasteiger partial charge in [0.1, 0.15) is 18.1 Å². The molecule has 1 aliphatic rings. The Kier molecular flexibility index (Phi) is 7.08. The maximum Gasteiger partial charge on any atom is 0.253 e. The number of carbonyl (C=O) groups is 1. The molecule has 4 rings (SSSR count). The zero-order valence-electron chi connectivity index (χ0n) is 17.8. The smallest absolute Gasteiger partial charge is 0.253 e. The molecule has 7 heteroatoms. The van der Waals surface area contributed by atoms with Crippen molar-refractivity contribution in [2.24, 2.45) is 0 Å². The van der Waals surface area contributed by atoms with Crippen LogP contribution in [-0.4, -0.2) is 44.1 Å². The normalized spacial score (nSPS) is 13.7. The van der Waals surface area contributed by atoms with Crippen molar-refractivity contribution in [3.05, 3.63) is 87.9 Å². The largest absolute Gasteiger partial charge is 0.496 e.